The van der Waals surface area contributed by atoms with Crippen LogP contribution in [0.15, 0.2) is 23.7 Å². The van der Waals surface area contributed by atoms with Crippen LogP contribution in [-0.2, 0) is 9.59 Å². The molecule has 0 bridgehead atoms. The summed E-state index contributed by atoms with van der Waals surface area (Å²) in [6, 6.07) is 5.90. The van der Waals surface area contributed by atoms with Crippen LogP contribution in [0.25, 0.3) is 0 Å². The monoisotopic (exact) mass is 316 g/mol. The lowest BCUT2D eigenvalue weighted by atomic mass is 10.1. The molecule has 0 spiro atoms. The minimum absolute atomic E-state index is 0.0272. The molecule has 1 atom stereocenters. The summed E-state index contributed by atoms with van der Waals surface area (Å²) >= 11 is 1.26. The fourth-order valence-electron chi connectivity index (χ4n) is 2.46. The van der Waals surface area contributed by atoms with Crippen LogP contribution < -0.4 is 10.2 Å². The van der Waals surface area contributed by atoms with E-state index in [9.17, 15) is 9.59 Å². The number of rotatable bonds is 3. The summed E-state index contributed by atoms with van der Waals surface area (Å²) in [5.74, 6) is -0.574. The van der Waals surface area contributed by atoms with Gasteiger partial charge in [0.05, 0.1) is 5.92 Å². The molecule has 2 amide bonds. The number of amides is 2. The molecule has 0 aliphatic carbocycles. The van der Waals surface area contributed by atoms with Gasteiger partial charge < -0.3 is 10.2 Å². The maximum Gasteiger partial charge on any atom is 0.231 e. The molecule has 1 aliphatic heterocycles. The first-order valence-electron chi connectivity index (χ1n) is 6.99. The molecule has 3 rings (SSSR count). The molecule has 1 N–H and O–H groups in total. The summed E-state index contributed by atoms with van der Waals surface area (Å²) < 4.78 is 0. The first-order chi connectivity index (χ1) is 10.5. The zero-order valence-electron chi connectivity index (χ0n) is 12.4. The maximum absolute atomic E-state index is 12.2. The second-order valence-electron chi connectivity index (χ2n) is 5.41. The molecule has 1 aliphatic rings. The van der Waals surface area contributed by atoms with Crippen molar-refractivity contribution in [2.45, 2.75) is 20.3 Å². The summed E-state index contributed by atoms with van der Waals surface area (Å²) in [6.45, 7) is 4.44. The molecule has 2 aromatic rings. The number of nitrogens with one attached hydrogen (secondary N) is 1. The average molecular weight is 316 g/mol. The molecule has 1 aromatic heterocycles. The van der Waals surface area contributed by atoms with Crippen molar-refractivity contribution in [2.75, 3.05) is 16.8 Å². The van der Waals surface area contributed by atoms with Gasteiger partial charge in [-0.05, 0) is 37.1 Å². The Bertz CT molecular complexity index is 714. The molecular weight excluding hydrogens is 300 g/mol. The van der Waals surface area contributed by atoms with E-state index in [-0.39, 0.29) is 24.2 Å². The van der Waals surface area contributed by atoms with Gasteiger partial charge in [0.1, 0.15) is 5.51 Å². The number of aryl methyl sites for hydroxylation is 2. The lowest BCUT2D eigenvalue weighted by Gasteiger charge is -2.17. The van der Waals surface area contributed by atoms with E-state index in [0.717, 1.165) is 11.3 Å². The van der Waals surface area contributed by atoms with Gasteiger partial charge in [-0.25, -0.2) is 0 Å². The van der Waals surface area contributed by atoms with Crippen LogP contribution in [0.4, 0.5) is 10.8 Å². The first-order valence-corrected chi connectivity index (χ1v) is 7.87. The van der Waals surface area contributed by atoms with Gasteiger partial charge >= 0.3 is 0 Å². The first kappa shape index (κ1) is 14.6. The van der Waals surface area contributed by atoms with Crippen molar-refractivity contribution in [3.63, 3.8) is 0 Å². The number of hydrogen-bond acceptors (Lipinski definition) is 5. The van der Waals surface area contributed by atoms with E-state index in [0.29, 0.717) is 11.7 Å². The Balaban J connectivity index is 1.72. The topological polar surface area (TPSA) is 75.2 Å². The molecule has 7 heteroatoms. The van der Waals surface area contributed by atoms with Crippen LogP contribution in [0.3, 0.4) is 0 Å². The van der Waals surface area contributed by atoms with Crippen molar-refractivity contribution in [2.24, 2.45) is 5.92 Å². The van der Waals surface area contributed by atoms with Gasteiger partial charge in [-0.1, -0.05) is 17.4 Å². The number of aromatic nitrogens is 2. The minimum atomic E-state index is -0.363. The highest BCUT2D eigenvalue weighted by molar-refractivity contribution is 7.13. The summed E-state index contributed by atoms with van der Waals surface area (Å²) in [7, 11) is 0. The Morgan fingerprint density at radius 1 is 1.36 bits per heavy atom. The molecule has 1 fully saturated rings. The predicted octanol–water partition coefficient (Wildman–Crippen LogP) is 2.15. The van der Waals surface area contributed by atoms with Crippen molar-refractivity contribution in [3.05, 3.63) is 34.8 Å². The summed E-state index contributed by atoms with van der Waals surface area (Å²) in [6.07, 6.45) is 0.220. The summed E-state index contributed by atoms with van der Waals surface area (Å²) in [4.78, 5) is 26.1. The van der Waals surface area contributed by atoms with Gasteiger partial charge in [0.15, 0.2) is 0 Å². The lowest BCUT2D eigenvalue weighted by Crippen LogP contribution is -2.28. The van der Waals surface area contributed by atoms with Crippen LogP contribution in [0.2, 0.25) is 0 Å². The highest BCUT2D eigenvalue weighted by Gasteiger charge is 2.35. The number of benzene rings is 1. The fraction of sp³-hybridized carbons (Fsp3) is 0.333. The van der Waals surface area contributed by atoms with Gasteiger partial charge in [-0.15, -0.1) is 10.2 Å². The zero-order valence-corrected chi connectivity index (χ0v) is 13.2. The Labute approximate surface area is 132 Å². The standard InChI is InChI=1S/C15H16N4O2S/c1-9-3-4-12(5-10(9)2)19-7-11(6-13(19)20)14(21)17-15-18-16-8-22-15/h3-5,8,11H,6-7H2,1-2H3,(H,17,18,21)/t11-/m1/s1. The van der Waals surface area contributed by atoms with E-state index >= 15 is 0 Å². The van der Waals surface area contributed by atoms with Gasteiger partial charge in [-0.2, -0.15) is 0 Å². The minimum Gasteiger partial charge on any atom is -0.312 e. The van der Waals surface area contributed by atoms with Crippen molar-refractivity contribution in [1.82, 2.24) is 10.2 Å². The molecule has 22 heavy (non-hydrogen) atoms. The van der Waals surface area contributed by atoms with Crippen molar-refractivity contribution >= 4 is 34.0 Å². The third kappa shape index (κ3) is 2.85. The lowest BCUT2D eigenvalue weighted by molar-refractivity contribution is -0.122. The zero-order chi connectivity index (χ0) is 15.7. The Morgan fingerprint density at radius 2 is 2.18 bits per heavy atom. The van der Waals surface area contributed by atoms with E-state index in [1.54, 1.807) is 10.4 Å². The molecule has 0 radical (unpaired) electrons. The number of anilines is 2. The molecule has 1 aromatic carbocycles. The largest absolute Gasteiger partial charge is 0.312 e. The van der Waals surface area contributed by atoms with Crippen LogP contribution in [-0.4, -0.2) is 28.6 Å². The predicted molar refractivity (Wildman–Crippen MR) is 84.9 cm³/mol. The van der Waals surface area contributed by atoms with Gasteiger partial charge in [0, 0.05) is 18.7 Å². The molecule has 0 saturated carbocycles. The van der Waals surface area contributed by atoms with Crippen molar-refractivity contribution < 1.29 is 9.59 Å². The number of hydrogen-bond donors (Lipinski definition) is 1. The molecule has 6 nitrogen and oxygen atoms in total. The SMILES string of the molecule is Cc1ccc(N2C[C@H](C(=O)Nc3nncs3)CC2=O)cc1C. The van der Waals surface area contributed by atoms with Gasteiger partial charge in [0.2, 0.25) is 16.9 Å². The molecular formula is C15H16N4O2S. The number of nitrogens with zero attached hydrogens (tertiary/aromatic N) is 3. The molecule has 0 unspecified atom stereocenters. The van der Waals surface area contributed by atoms with Crippen LogP contribution in [0, 0.1) is 19.8 Å². The highest BCUT2D eigenvalue weighted by atomic mass is 32.1. The van der Waals surface area contributed by atoms with Gasteiger partial charge in [0.25, 0.3) is 0 Å². The van der Waals surface area contributed by atoms with E-state index in [2.05, 4.69) is 15.5 Å². The van der Waals surface area contributed by atoms with E-state index < -0.39 is 0 Å². The second kappa shape index (κ2) is 5.84. The van der Waals surface area contributed by atoms with Crippen LogP contribution in [0.5, 0.6) is 0 Å². The van der Waals surface area contributed by atoms with E-state index in [1.807, 2.05) is 32.0 Å². The van der Waals surface area contributed by atoms with Crippen LogP contribution >= 0.6 is 11.3 Å². The Hall–Kier alpha value is -2.28. The molecule has 2 heterocycles. The summed E-state index contributed by atoms with van der Waals surface area (Å²) in [5.41, 5.74) is 4.71. The summed E-state index contributed by atoms with van der Waals surface area (Å²) in [5, 5.41) is 10.6. The van der Waals surface area contributed by atoms with Crippen LogP contribution in [0.1, 0.15) is 17.5 Å². The number of carbonyl (C=O) groups excluding carboxylic acids is 2. The third-order valence-corrected chi connectivity index (χ3v) is 4.49. The second-order valence-corrected chi connectivity index (χ2v) is 6.24. The molecule has 1 saturated heterocycles. The quantitative estimate of drug-likeness (QED) is 0.941. The number of carbonyl (C=O) groups is 2. The van der Waals surface area contributed by atoms with E-state index in [1.165, 1.54) is 16.9 Å². The Morgan fingerprint density at radius 3 is 2.86 bits per heavy atom. The fourth-order valence-corrected chi connectivity index (χ4v) is 2.91. The average Bonchev–Trinajstić information content (AvgIpc) is 3.11. The normalized spacial score (nSPS) is 17.8. The van der Waals surface area contributed by atoms with Gasteiger partial charge in [-0.3, -0.25) is 9.59 Å². The van der Waals surface area contributed by atoms with E-state index in [4.69, 9.17) is 0 Å². The Kier molecular flexibility index (Phi) is 3.89. The smallest absolute Gasteiger partial charge is 0.231 e. The highest BCUT2D eigenvalue weighted by Crippen LogP contribution is 2.27. The maximum atomic E-state index is 12.2. The third-order valence-electron chi connectivity index (χ3n) is 3.89. The molecule has 114 valence electrons. The van der Waals surface area contributed by atoms with Crippen molar-refractivity contribution in [1.29, 1.82) is 0 Å². The van der Waals surface area contributed by atoms with Crippen molar-refractivity contribution in [3.8, 4) is 0 Å².